The molecule has 0 radical (unpaired) electrons. The van der Waals surface area contributed by atoms with Crippen LogP contribution in [0.3, 0.4) is 0 Å². The van der Waals surface area contributed by atoms with Gasteiger partial charge in [0.05, 0.1) is 9.85 Å². The SMILES string of the molecule is O=[N+]([O-])c1ccccc1S(=O)(=O)N1CC1(c1cccc(F)c1F)C(F)F.O=[N+]([O-])c1ccccc1S(=O)(=O)NC[C@@](O)(c1cccc(F)c1F)C(F)F. The number of benzene rings is 4. The number of sulfonamides is 2. The minimum absolute atomic E-state index is 0.241. The Bertz CT molecular complexity index is 2290. The molecule has 5 rings (SSSR count). The molecule has 284 valence electrons. The molecule has 3 atom stereocenters. The molecular formula is C30H22F8N4O9S2. The minimum atomic E-state index is -4.75. The molecule has 53 heavy (non-hydrogen) atoms. The zero-order valence-corrected chi connectivity index (χ0v) is 27.7. The first-order chi connectivity index (χ1) is 24.6. The molecule has 1 aliphatic rings. The quantitative estimate of drug-likeness (QED) is 0.0825. The summed E-state index contributed by atoms with van der Waals surface area (Å²) in [7, 11) is -9.48. The zero-order valence-electron chi connectivity index (χ0n) is 26.0. The second-order valence-corrected chi connectivity index (χ2v) is 14.5. The number of nitrogens with one attached hydrogen (secondary N) is 1. The van der Waals surface area contributed by atoms with Crippen LogP contribution in [0.4, 0.5) is 46.5 Å². The van der Waals surface area contributed by atoms with Crippen molar-refractivity contribution < 1.29 is 66.9 Å². The fourth-order valence-corrected chi connectivity index (χ4v) is 8.14. The molecule has 1 saturated heterocycles. The summed E-state index contributed by atoms with van der Waals surface area (Å²) < 4.78 is 161. The third kappa shape index (κ3) is 7.69. The van der Waals surface area contributed by atoms with Gasteiger partial charge in [-0.05, 0) is 24.3 Å². The Morgan fingerprint density at radius 1 is 0.755 bits per heavy atom. The molecule has 0 bridgehead atoms. The minimum Gasteiger partial charge on any atom is -0.378 e. The zero-order chi connectivity index (χ0) is 39.7. The number of rotatable bonds is 12. The largest absolute Gasteiger partial charge is 0.378 e. The second-order valence-electron chi connectivity index (χ2n) is 10.9. The lowest BCUT2D eigenvalue weighted by Crippen LogP contribution is -2.46. The van der Waals surface area contributed by atoms with Crippen LogP contribution in [0.2, 0.25) is 0 Å². The number of nitrogens with zero attached hydrogens (tertiary/aromatic N) is 3. The maximum atomic E-state index is 14.0. The summed E-state index contributed by atoms with van der Waals surface area (Å²) in [6.07, 6.45) is -7.08. The summed E-state index contributed by atoms with van der Waals surface area (Å²) in [5, 5.41) is 32.1. The summed E-state index contributed by atoms with van der Waals surface area (Å²) in [6.45, 7) is -2.29. The average molecular weight is 799 g/mol. The molecule has 0 aliphatic carbocycles. The summed E-state index contributed by atoms with van der Waals surface area (Å²) in [5.74, 6) is -6.29. The van der Waals surface area contributed by atoms with Crippen molar-refractivity contribution >= 4 is 31.4 Å². The van der Waals surface area contributed by atoms with Gasteiger partial charge in [0.15, 0.2) is 38.7 Å². The van der Waals surface area contributed by atoms with Crippen LogP contribution in [0, 0.1) is 43.5 Å². The van der Waals surface area contributed by atoms with E-state index in [2.05, 4.69) is 0 Å². The third-order valence-corrected chi connectivity index (χ3v) is 11.2. The molecule has 23 heteroatoms. The monoisotopic (exact) mass is 798 g/mol. The molecule has 13 nitrogen and oxygen atoms in total. The van der Waals surface area contributed by atoms with Gasteiger partial charge in [-0.2, -0.15) is 4.31 Å². The van der Waals surface area contributed by atoms with Gasteiger partial charge in [-0.25, -0.2) is 56.7 Å². The number of hydrogen-bond acceptors (Lipinski definition) is 9. The highest BCUT2D eigenvalue weighted by Gasteiger charge is 2.68. The number of hydrogen-bond donors (Lipinski definition) is 2. The van der Waals surface area contributed by atoms with Crippen molar-refractivity contribution in [3.8, 4) is 0 Å². The van der Waals surface area contributed by atoms with E-state index in [4.69, 9.17) is 0 Å². The number of para-hydroxylation sites is 2. The van der Waals surface area contributed by atoms with Crippen LogP contribution < -0.4 is 4.72 Å². The number of alkyl halides is 4. The lowest BCUT2D eigenvalue weighted by Gasteiger charge is -2.28. The fraction of sp³-hybridized carbons (Fsp3) is 0.200. The standard InChI is InChI=1S/C15H12F4N2O5S.C15H10F4N2O4S/c16-10-5-3-4-9(13(10)17)15(22,14(18)19)8-20-27(25,26)12-7-2-1-6-11(12)21(23)24;16-10-5-3-4-9(13(10)17)15(14(18)19)8-20(15)26(24,25)12-7-2-1-6-11(12)21(22)23/h1-7,14,20,22H,8H2;1-7,14H,8H2/t15-;/m1./s1. The van der Waals surface area contributed by atoms with Gasteiger partial charge < -0.3 is 5.11 Å². The van der Waals surface area contributed by atoms with Crippen LogP contribution in [0.1, 0.15) is 11.1 Å². The third-order valence-electron chi connectivity index (χ3n) is 7.80. The molecule has 2 unspecified atom stereocenters. The Labute approximate surface area is 293 Å². The molecule has 1 heterocycles. The maximum Gasteiger partial charge on any atom is 0.289 e. The van der Waals surface area contributed by atoms with E-state index >= 15 is 0 Å². The smallest absolute Gasteiger partial charge is 0.289 e. The van der Waals surface area contributed by atoms with E-state index < -0.39 is 123 Å². The highest BCUT2D eigenvalue weighted by Crippen LogP contribution is 2.52. The van der Waals surface area contributed by atoms with E-state index in [-0.39, 0.29) is 4.31 Å². The summed E-state index contributed by atoms with van der Waals surface area (Å²) in [6, 6.07) is 13.0. The fourth-order valence-electron chi connectivity index (χ4n) is 5.03. The topological polar surface area (TPSA) is 190 Å². The van der Waals surface area contributed by atoms with Crippen LogP contribution in [0.5, 0.6) is 0 Å². The van der Waals surface area contributed by atoms with E-state index in [0.717, 1.165) is 48.5 Å². The van der Waals surface area contributed by atoms with Gasteiger partial charge in [-0.1, -0.05) is 48.5 Å². The second kappa shape index (κ2) is 15.1. The first-order valence-electron chi connectivity index (χ1n) is 14.3. The molecule has 4 aromatic rings. The highest BCUT2D eigenvalue weighted by molar-refractivity contribution is 7.90. The normalized spacial score (nSPS) is 18.2. The molecule has 1 aliphatic heterocycles. The Morgan fingerprint density at radius 3 is 1.77 bits per heavy atom. The Balaban J connectivity index is 0.000000237. The molecule has 2 N–H and O–H groups in total. The number of aliphatic hydroxyl groups is 1. The summed E-state index contributed by atoms with van der Waals surface area (Å²) in [4.78, 5) is 18.4. The van der Waals surface area contributed by atoms with E-state index in [1.54, 1.807) is 4.72 Å². The number of nitro benzene ring substituents is 2. The number of nitro groups is 2. The predicted octanol–water partition coefficient (Wildman–Crippen LogP) is 5.34. The van der Waals surface area contributed by atoms with E-state index in [0.29, 0.717) is 18.2 Å². The van der Waals surface area contributed by atoms with Gasteiger partial charge in [0, 0.05) is 36.3 Å². The van der Waals surface area contributed by atoms with Gasteiger partial charge in [-0.3, -0.25) is 20.2 Å². The van der Waals surface area contributed by atoms with Crippen LogP contribution in [0.15, 0.2) is 94.7 Å². The van der Waals surface area contributed by atoms with Crippen molar-refractivity contribution in [3.05, 3.63) is 140 Å². The van der Waals surface area contributed by atoms with Crippen LogP contribution in [-0.2, 0) is 31.2 Å². The van der Waals surface area contributed by atoms with E-state index in [9.17, 15) is 77.3 Å². The molecule has 1 fully saturated rings. The lowest BCUT2D eigenvalue weighted by molar-refractivity contribution is -0.388. The van der Waals surface area contributed by atoms with E-state index in [1.807, 2.05) is 0 Å². The lowest BCUT2D eigenvalue weighted by atomic mass is 9.94. The van der Waals surface area contributed by atoms with Crippen LogP contribution in [0.25, 0.3) is 0 Å². The Morgan fingerprint density at radius 2 is 1.25 bits per heavy atom. The first kappa shape index (κ1) is 40.7. The van der Waals surface area contributed by atoms with Crippen molar-refractivity contribution in [2.24, 2.45) is 0 Å². The van der Waals surface area contributed by atoms with Gasteiger partial charge in [0.2, 0.25) is 10.0 Å². The molecule has 0 amide bonds. The van der Waals surface area contributed by atoms with Gasteiger partial charge in [0.25, 0.3) is 34.2 Å². The predicted molar refractivity (Wildman–Crippen MR) is 166 cm³/mol. The molecule has 0 saturated carbocycles. The molecular weight excluding hydrogens is 776 g/mol. The van der Waals surface area contributed by atoms with Gasteiger partial charge in [0.1, 0.15) is 5.54 Å². The maximum absolute atomic E-state index is 14.0. The van der Waals surface area contributed by atoms with Crippen LogP contribution >= 0.6 is 0 Å². The van der Waals surface area contributed by atoms with Crippen molar-refractivity contribution in [1.29, 1.82) is 0 Å². The van der Waals surface area contributed by atoms with E-state index in [1.165, 1.54) is 18.2 Å². The van der Waals surface area contributed by atoms with Gasteiger partial charge >= 0.3 is 0 Å². The Hall–Kier alpha value is -5.10. The van der Waals surface area contributed by atoms with Crippen molar-refractivity contribution in [2.75, 3.05) is 13.1 Å². The first-order valence-corrected chi connectivity index (χ1v) is 17.2. The van der Waals surface area contributed by atoms with Crippen molar-refractivity contribution in [3.63, 3.8) is 0 Å². The average Bonchev–Trinajstić information content (AvgIpc) is 3.88. The van der Waals surface area contributed by atoms with Crippen LogP contribution in [-0.4, -0.2) is 62.0 Å². The summed E-state index contributed by atoms with van der Waals surface area (Å²) in [5.41, 5.74) is -9.65. The molecule has 0 spiro atoms. The Kier molecular flexibility index (Phi) is 11.6. The van der Waals surface area contributed by atoms with Gasteiger partial charge in [-0.15, -0.1) is 0 Å². The summed E-state index contributed by atoms with van der Waals surface area (Å²) >= 11 is 0. The molecule has 0 aromatic heterocycles. The highest BCUT2D eigenvalue weighted by atomic mass is 32.2. The van der Waals surface area contributed by atoms with Crippen molar-refractivity contribution in [2.45, 2.75) is 33.8 Å². The van der Waals surface area contributed by atoms with Crippen molar-refractivity contribution in [1.82, 2.24) is 9.03 Å². The molecule has 4 aromatic carbocycles. The number of halogens is 8.